The van der Waals surface area contributed by atoms with Gasteiger partial charge in [0, 0.05) is 22.9 Å². The minimum absolute atomic E-state index is 0.119. The van der Waals surface area contributed by atoms with E-state index in [2.05, 4.69) is 5.32 Å². The molecule has 3 rings (SSSR count). The molecule has 1 aliphatic heterocycles. The van der Waals surface area contributed by atoms with Crippen LogP contribution in [-0.4, -0.2) is 39.9 Å². The van der Waals surface area contributed by atoms with Gasteiger partial charge in [0.1, 0.15) is 10.6 Å². The molecule has 0 radical (unpaired) electrons. The summed E-state index contributed by atoms with van der Waals surface area (Å²) in [7, 11) is -2.64. The first-order valence-electron chi connectivity index (χ1n) is 8.74. The molecular formula is C19H22N2O5S2. The van der Waals surface area contributed by atoms with Crippen LogP contribution in [0.1, 0.15) is 23.2 Å². The lowest BCUT2D eigenvalue weighted by Crippen LogP contribution is -2.16. The van der Waals surface area contributed by atoms with Crippen LogP contribution >= 0.6 is 11.8 Å². The maximum atomic E-state index is 12.8. The lowest BCUT2D eigenvalue weighted by molar-refractivity contribution is 0.102. The highest BCUT2D eigenvalue weighted by atomic mass is 32.2. The van der Waals surface area contributed by atoms with E-state index in [9.17, 15) is 13.2 Å². The Kier molecular flexibility index (Phi) is 6.61. The maximum absolute atomic E-state index is 12.8. The molecule has 7 nitrogen and oxygen atoms in total. The van der Waals surface area contributed by atoms with Gasteiger partial charge in [-0.15, -0.1) is 11.8 Å². The van der Waals surface area contributed by atoms with E-state index >= 15 is 0 Å². The summed E-state index contributed by atoms with van der Waals surface area (Å²) < 4.78 is 34.2. The Balaban J connectivity index is 1.78. The van der Waals surface area contributed by atoms with E-state index in [-0.39, 0.29) is 22.7 Å². The van der Waals surface area contributed by atoms with Crippen LogP contribution in [0.4, 0.5) is 5.69 Å². The Morgan fingerprint density at radius 1 is 1.32 bits per heavy atom. The Bertz CT molecular complexity index is 957. The number of methoxy groups -OCH3 is 1. The molecule has 28 heavy (non-hydrogen) atoms. The van der Waals surface area contributed by atoms with Crippen molar-refractivity contribution in [3.05, 3.63) is 48.0 Å². The highest BCUT2D eigenvalue weighted by Gasteiger charge is 2.19. The minimum Gasteiger partial charge on any atom is -0.495 e. The number of carbonyl (C=O) groups excluding carboxylic acids is 1. The van der Waals surface area contributed by atoms with Crippen molar-refractivity contribution < 1.29 is 22.7 Å². The van der Waals surface area contributed by atoms with Crippen molar-refractivity contribution in [1.82, 2.24) is 0 Å². The van der Waals surface area contributed by atoms with E-state index in [1.165, 1.54) is 19.2 Å². The Morgan fingerprint density at radius 3 is 2.79 bits per heavy atom. The molecule has 1 heterocycles. The summed E-state index contributed by atoms with van der Waals surface area (Å²) in [5.74, 6) is 0.566. The minimum atomic E-state index is -3.99. The second-order valence-electron chi connectivity index (χ2n) is 6.31. The van der Waals surface area contributed by atoms with Crippen molar-refractivity contribution in [3.63, 3.8) is 0 Å². The standard InChI is InChI=1S/C19H22N2O5S2/c1-25-16-9-8-13(11-18(16)28(20,23)24)21-19(22)15-6-2-3-7-17(15)27-12-14-5-4-10-26-14/h2-3,6-9,11,14H,4-5,10,12H2,1H3,(H,21,22)(H2,20,23,24). The van der Waals surface area contributed by atoms with Gasteiger partial charge in [-0.05, 0) is 43.2 Å². The zero-order valence-corrected chi connectivity index (χ0v) is 17.0. The smallest absolute Gasteiger partial charge is 0.256 e. The molecule has 1 amide bonds. The fourth-order valence-electron chi connectivity index (χ4n) is 2.91. The van der Waals surface area contributed by atoms with E-state index in [0.29, 0.717) is 11.3 Å². The predicted octanol–water partition coefficient (Wildman–Crippen LogP) is 2.87. The van der Waals surface area contributed by atoms with E-state index in [1.807, 2.05) is 12.1 Å². The molecule has 0 saturated carbocycles. The second kappa shape index (κ2) is 8.95. The van der Waals surface area contributed by atoms with E-state index in [1.54, 1.807) is 30.0 Å². The van der Waals surface area contributed by atoms with Gasteiger partial charge in [-0.2, -0.15) is 0 Å². The number of anilines is 1. The molecule has 2 aromatic rings. The van der Waals surface area contributed by atoms with Gasteiger partial charge in [0.05, 0.1) is 18.8 Å². The van der Waals surface area contributed by atoms with Crippen LogP contribution in [0.3, 0.4) is 0 Å². The number of carbonyl (C=O) groups is 1. The first kappa shape index (κ1) is 20.7. The summed E-state index contributed by atoms with van der Waals surface area (Å²) in [6, 6.07) is 11.6. The Hall–Kier alpha value is -2.07. The molecule has 150 valence electrons. The number of amides is 1. The van der Waals surface area contributed by atoms with Crippen LogP contribution in [0.25, 0.3) is 0 Å². The fraction of sp³-hybridized carbons (Fsp3) is 0.316. The molecule has 1 aliphatic rings. The number of nitrogens with two attached hydrogens (primary N) is 1. The summed E-state index contributed by atoms with van der Waals surface area (Å²) in [6.07, 6.45) is 2.31. The first-order valence-corrected chi connectivity index (χ1v) is 11.3. The Labute approximate surface area is 168 Å². The number of benzene rings is 2. The largest absolute Gasteiger partial charge is 0.495 e. The summed E-state index contributed by atoms with van der Waals surface area (Å²) in [4.78, 5) is 13.4. The SMILES string of the molecule is COc1ccc(NC(=O)c2ccccc2SCC2CCCO2)cc1S(N)(=O)=O. The third kappa shape index (κ3) is 5.05. The molecule has 1 unspecified atom stereocenters. The molecule has 1 saturated heterocycles. The van der Waals surface area contributed by atoms with Crippen molar-refractivity contribution in [3.8, 4) is 5.75 Å². The quantitative estimate of drug-likeness (QED) is 0.665. The second-order valence-corrected chi connectivity index (χ2v) is 8.90. The van der Waals surface area contributed by atoms with E-state index < -0.39 is 10.0 Å². The van der Waals surface area contributed by atoms with Crippen molar-refractivity contribution in [1.29, 1.82) is 0 Å². The number of nitrogens with one attached hydrogen (secondary N) is 1. The maximum Gasteiger partial charge on any atom is 0.256 e. The molecule has 2 aromatic carbocycles. The monoisotopic (exact) mass is 422 g/mol. The van der Waals surface area contributed by atoms with Crippen LogP contribution < -0.4 is 15.2 Å². The van der Waals surface area contributed by atoms with Gasteiger partial charge >= 0.3 is 0 Å². The van der Waals surface area contributed by atoms with E-state index in [4.69, 9.17) is 14.6 Å². The van der Waals surface area contributed by atoms with Crippen LogP contribution in [0.5, 0.6) is 5.75 Å². The summed E-state index contributed by atoms with van der Waals surface area (Å²) in [5, 5.41) is 7.96. The molecule has 9 heteroatoms. The molecule has 0 aromatic heterocycles. The third-order valence-electron chi connectivity index (χ3n) is 4.31. The lowest BCUT2D eigenvalue weighted by atomic mass is 10.2. The van der Waals surface area contributed by atoms with Crippen LogP contribution in [-0.2, 0) is 14.8 Å². The predicted molar refractivity (Wildman–Crippen MR) is 108 cm³/mol. The summed E-state index contributed by atoms with van der Waals surface area (Å²) >= 11 is 1.57. The number of hydrogen-bond acceptors (Lipinski definition) is 6. The molecule has 0 spiro atoms. The van der Waals surface area contributed by atoms with Gasteiger partial charge in [-0.3, -0.25) is 4.79 Å². The van der Waals surface area contributed by atoms with Gasteiger partial charge in [0.25, 0.3) is 5.91 Å². The van der Waals surface area contributed by atoms with E-state index in [0.717, 1.165) is 30.1 Å². The summed E-state index contributed by atoms with van der Waals surface area (Å²) in [6.45, 7) is 0.789. The Morgan fingerprint density at radius 2 is 2.11 bits per heavy atom. The van der Waals surface area contributed by atoms with Gasteiger partial charge in [0.15, 0.2) is 0 Å². The molecule has 1 fully saturated rings. The number of thioether (sulfide) groups is 1. The highest BCUT2D eigenvalue weighted by Crippen LogP contribution is 2.29. The molecule has 0 aliphatic carbocycles. The molecule has 0 bridgehead atoms. The number of primary sulfonamides is 1. The van der Waals surface area contributed by atoms with Gasteiger partial charge < -0.3 is 14.8 Å². The van der Waals surface area contributed by atoms with Crippen molar-refractivity contribution in [2.45, 2.75) is 28.7 Å². The van der Waals surface area contributed by atoms with Crippen molar-refractivity contribution >= 4 is 33.4 Å². The van der Waals surface area contributed by atoms with Gasteiger partial charge in [-0.1, -0.05) is 12.1 Å². The van der Waals surface area contributed by atoms with Gasteiger partial charge in [-0.25, -0.2) is 13.6 Å². The van der Waals surface area contributed by atoms with Crippen molar-refractivity contribution in [2.75, 3.05) is 24.8 Å². The number of rotatable bonds is 7. The zero-order chi connectivity index (χ0) is 20.1. The van der Waals surface area contributed by atoms with Gasteiger partial charge in [0.2, 0.25) is 10.0 Å². The number of hydrogen-bond donors (Lipinski definition) is 2. The number of ether oxygens (including phenoxy) is 2. The average Bonchev–Trinajstić information content (AvgIpc) is 3.19. The van der Waals surface area contributed by atoms with Crippen LogP contribution in [0.2, 0.25) is 0 Å². The lowest BCUT2D eigenvalue weighted by Gasteiger charge is -2.13. The fourth-order valence-corrected chi connectivity index (χ4v) is 4.76. The average molecular weight is 423 g/mol. The zero-order valence-electron chi connectivity index (χ0n) is 15.4. The summed E-state index contributed by atoms with van der Waals surface area (Å²) in [5.41, 5.74) is 0.826. The topological polar surface area (TPSA) is 108 Å². The first-order chi connectivity index (χ1) is 13.4. The highest BCUT2D eigenvalue weighted by molar-refractivity contribution is 7.99. The molecular weight excluding hydrogens is 400 g/mol. The molecule has 1 atom stereocenters. The normalized spacial score (nSPS) is 16.7. The van der Waals surface area contributed by atoms with Crippen molar-refractivity contribution in [2.24, 2.45) is 5.14 Å². The van der Waals surface area contributed by atoms with Crippen LogP contribution in [0.15, 0.2) is 52.3 Å². The third-order valence-corrected chi connectivity index (χ3v) is 6.45. The van der Waals surface area contributed by atoms with Crippen LogP contribution in [0, 0.1) is 0 Å². The molecule has 3 N–H and O–H groups in total. The number of sulfonamides is 1.